The molecule has 29 heavy (non-hydrogen) atoms. The fourth-order valence-electron chi connectivity index (χ4n) is 3.71. The highest BCUT2D eigenvalue weighted by Crippen LogP contribution is 2.42. The van der Waals surface area contributed by atoms with E-state index in [1.807, 2.05) is 0 Å². The van der Waals surface area contributed by atoms with E-state index in [2.05, 4.69) is 20.3 Å². The van der Waals surface area contributed by atoms with Crippen molar-refractivity contribution in [2.45, 2.75) is 38.7 Å². The van der Waals surface area contributed by atoms with Crippen molar-refractivity contribution in [1.82, 2.24) is 29.9 Å². The van der Waals surface area contributed by atoms with Gasteiger partial charge in [-0.2, -0.15) is 17.9 Å². The maximum Gasteiger partial charge on any atom is 0.417 e. The number of halogens is 4. The van der Waals surface area contributed by atoms with Gasteiger partial charge in [-0.05, 0) is 17.9 Å². The van der Waals surface area contributed by atoms with E-state index in [4.69, 9.17) is 11.6 Å². The van der Waals surface area contributed by atoms with Gasteiger partial charge >= 0.3 is 6.18 Å². The van der Waals surface area contributed by atoms with E-state index in [1.54, 1.807) is 35.1 Å². The summed E-state index contributed by atoms with van der Waals surface area (Å²) in [6, 6.07) is 0. The number of rotatable bonds is 3. The maximum atomic E-state index is 13.2. The Kier molecular flexibility index (Phi) is 5.18. The number of aliphatic hydroxyl groups is 1. The zero-order valence-electron chi connectivity index (χ0n) is 15.4. The van der Waals surface area contributed by atoms with Gasteiger partial charge in [0.2, 0.25) is 0 Å². The molecule has 4 rings (SSSR count). The molecule has 2 aromatic heterocycles. The number of fused-ring (bicyclic) bond motifs is 1. The molecule has 0 spiro atoms. The topological polar surface area (TPSA) is 80.0 Å². The molecule has 0 fully saturated rings. The highest BCUT2D eigenvalue weighted by atomic mass is 35.5. The van der Waals surface area contributed by atoms with Crippen molar-refractivity contribution in [3.05, 3.63) is 52.2 Å². The highest BCUT2D eigenvalue weighted by molar-refractivity contribution is 6.32. The van der Waals surface area contributed by atoms with Gasteiger partial charge in [0.05, 0.1) is 22.5 Å². The molecule has 7 nitrogen and oxygen atoms in total. The normalized spacial score (nSPS) is 21.7. The lowest BCUT2D eigenvalue weighted by atomic mass is 9.87. The molecule has 0 bridgehead atoms. The lowest BCUT2D eigenvalue weighted by Crippen LogP contribution is -2.42. The molecule has 2 atom stereocenters. The summed E-state index contributed by atoms with van der Waals surface area (Å²) >= 11 is 6.08. The van der Waals surface area contributed by atoms with Crippen LogP contribution in [0.25, 0.3) is 5.82 Å². The lowest BCUT2D eigenvalue weighted by Gasteiger charge is -2.36. The van der Waals surface area contributed by atoms with Crippen molar-refractivity contribution in [3.63, 3.8) is 0 Å². The van der Waals surface area contributed by atoms with Crippen molar-refractivity contribution in [1.29, 1.82) is 0 Å². The van der Waals surface area contributed by atoms with Crippen LogP contribution in [0.15, 0.2) is 40.8 Å². The van der Waals surface area contributed by atoms with Crippen LogP contribution < -0.4 is 0 Å². The van der Waals surface area contributed by atoms with E-state index in [0.717, 1.165) is 11.8 Å². The standard InChI is InChI=1S/C18H18ClF3N6O/c1-10-2-3-11(18(20,21)22)16(19)15(10)17(29)27-7-4-13-12(9-27)25-26-28(13)14-8-23-5-6-24-14/h3,5-6,8,10,17,29H,2,4,7,9H2,1H3. The number of allylic oxidation sites excluding steroid dienone is 3. The van der Waals surface area contributed by atoms with Crippen molar-refractivity contribution < 1.29 is 18.3 Å². The van der Waals surface area contributed by atoms with Crippen LogP contribution in [0.5, 0.6) is 0 Å². The Morgan fingerprint density at radius 1 is 1.31 bits per heavy atom. The van der Waals surface area contributed by atoms with Crippen molar-refractivity contribution in [2.75, 3.05) is 6.54 Å². The van der Waals surface area contributed by atoms with E-state index >= 15 is 0 Å². The monoisotopic (exact) mass is 426 g/mol. The Labute approximate surface area is 169 Å². The Morgan fingerprint density at radius 2 is 2.10 bits per heavy atom. The number of nitrogens with zero attached hydrogens (tertiary/aromatic N) is 6. The molecule has 2 unspecified atom stereocenters. The van der Waals surface area contributed by atoms with Crippen molar-refractivity contribution in [3.8, 4) is 5.82 Å². The minimum atomic E-state index is -4.56. The average Bonchev–Trinajstić information content (AvgIpc) is 3.10. The molecule has 2 aliphatic rings. The molecular formula is C18H18ClF3N6O. The number of hydrogen-bond acceptors (Lipinski definition) is 6. The quantitative estimate of drug-likeness (QED) is 0.813. The predicted octanol–water partition coefficient (Wildman–Crippen LogP) is 2.76. The third-order valence-electron chi connectivity index (χ3n) is 5.22. The molecule has 0 saturated heterocycles. The van der Waals surface area contributed by atoms with E-state index in [1.165, 1.54) is 0 Å². The number of hydrogen-bond donors (Lipinski definition) is 1. The van der Waals surface area contributed by atoms with Gasteiger partial charge in [-0.1, -0.05) is 29.8 Å². The van der Waals surface area contributed by atoms with Crippen LogP contribution in [0.1, 0.15) is 24.7 Å². The molecule has 0 radical (unpaired) electrons. The van der Waals surface area contributed by atoms with Crippen LogP contribution in [0, 0.1) is 5.92 Å². The molecular weight excluding hydrogens is 409 g/mol. The Hall–Kier alpha value is -2.30. The molecule has 11 heteroatoms. The van der Waals surface area contributed by atoms with Crippen molar-refractivity contribution >= 4 is 11.6 Å². The zero-order valence-corrected chi connectivity index (χ0v) is 16.2. The summed E-state index contributed by atoms with van der Waals surface area (Å²) in [6.07, 6.45) is 0.621. The summed E-state index contributed by atoms with van der Waals surface area (Å²) in [5.74, 6) is 0.224. The van der Waals surface area contributed by atoms with Gasteiger partial charge < -0.3 is 5.11 Å². The van der Waals surface area contributed by atoms with Crippen molar-refractivity contribution in [2.24, 2.45) is 5.92 Å². The molecule has 1 aliphatic heterocycles. The van der Waals surface area contributed by atoms with E-state index < -0.39 is 23.0 Å². The average molecular weight is 427 g/mol. The zero-order chi connectivity index (χ0) is 20.8. The van der Waals surface area contributed by atoms with Gasteiger partial charge in [0, 0.05) is 31.9 Å². The van der Waals surface area contributed by atoms with Crippen LogP contribution in [0.4, 0.5) is 13.2 Å². The van der Waals surface area contributed by atoms with Crippen LogP contribution in [0.3, 0.4) is 0 Å². The van der Waals surface area contributed by atoms with Crippen LogP contribution >= 0.6 is 11.6 Å². The third-order valence-corrected chi connectivity index (χ3v) is 5.65. The summed E-state index contributed by atoms with van der Waals surface area (Å²) in [5.41, 5.74) is 0.762. The SMILES string of the molecule is CC1CC=C(C(F)(F)F)C(Cl)=C1C(O)N1CCc2c(nnn2-c2cnccn2)C1. The number of alkyl halides is 3. The molecule has 1 N–H and O–H groups in total. The summed E-state index contributed by atoms with van der Waals surface area (Å²) in [6.45, 7) is 2.40. The fourth-order valence-corrected chi connectivity index (χ4v) is 4.18. The molecule has 1 aliphatic carbocycles. The smallest absolute Gasteiger partial charge is 0.374 e. The maximum absolute atomic E-state index is 13.2. The van der Waals surface area contributed by atoms with E-state index in [9.17, 15) is 18.3 Å². The summed E-state index contributed by atoms with van der Waals surface area (Å²) in [4.78, 5) is 9.88. The molecule has 154 valence electrons. The number of aliphatic hydroxyl groups excluding tert-OH is 1. The minimum Gasteiger partial charge on any atom is -0.374 e. The molecule has 0 aromatic carbocycles. The second kappa shape index (κ2) is 7.51. The summed E-state index contributed by atoms with van der Waals surface area (Å²) in [5, 5.41) is 18.7. The second-order valence-electron chi connectivity index (χ2n) is 7.07. The third kappa shape index (κ3) is 3.67. The van der Waals surface area contributed by atoms with Crippen LogP contribution in [-0.4, -0.2) is 53.9 Å². The molecule has 0 saturated carbocycles. The molecule has 2 aromatic rings. The lowest BCUT2D eigenvalue weighted by molar-refractivity contribution is -0.0897. The predicted molar refractivity (Wildman–Crippen MR) is 97.9 cm³/mol. The first-order chi connectivity index (χ1) is 13.8. The first-order valence-corrected chi connectivity index (χ1v) is 9.44. The summed E-state index contributed by atoms with van der Waals surface area (Å²) < 4.78 is 41.3. The molecule has 3 heterocycles. The van der Waals surface area contributed by atoms with Crippen LogP contribution in [0.2, 0.25) is 0 Å². The van der Waals surface area contributed by atoms with Gasteiger partial charge in [0.15, 0.2) is 5.82 Å². The van der Waals surface area contributed by atoms with E-state index in [-0.39, 0.29) is 24.5 Å². The summed E-state index contributed by atoms with van der Waals surface area (Å²) in [7, 11) is 0. The second-order valence-corrected chi connectivity index (χ2v) is 7.45. The largest absolute Gasteiger partial charge is 0.417 e. The Balaban J connectivity index is 1.60. The van der Waals surface area contributed by atoms with Gasteiger partial charge in [0.25, 0.3) is 0 Å². The number of aromatic nitrogens is 5. The van der Waals surface area contributed by atoms with Gasteiger partial charge in [-0.25, -0.2) is 4.98 Å². The highest BCUT2D eigenvalue weighted by Gasteiger charge is 2.41. The molecule has 0 amide bonds. The van der Waals surface area contributed by atoms with Gasteiger partial charge in [-0.3, -0.25) is 9.88 Å². The van der Waals surface area contributed by atoms with Gasteiger partial charge in [-0.15, -0.1) is 5.10 Å². The van der Waals surface area contributed by atoms with E-state index in [0.29, 0.717) is 24.5 Å². The Bertz CT molecular complexity index is 972. The first kappa shape index (κ1) is 20.0. The van der Waals surface area contributed by atoms with Crippen LogP contribution in [-0.2, 0) is 13.0 Å². The first-order valence-electron chi connectivity index (χ1n) is 9.06. The fraction of sp³-hybridized carbons (Fsp3) is 0.444. The minimum absolute atomic E-state index is 0.166. The Morgan fingerprint density at radius 3 is 2.79 bits per heavy atom. The van der Waals surface area contributed by atoms with Gasteiger partial charge in [0.1, 0.15) is 11.9 Å².